The maximum absolute atomic E-state index is 14.5. The van der Waals surface area contributed by atoms with Crippen molar-refractivity contribution in [3.8, 4) is 0 Å². The summed E-state index contributed by atoms with van der Waals surface area (Å²) >= 11 is 0. The molecule has 0 bridgehead atoms. The van der Waals surface area contributed by atoms with Gasteiger partial charge >= 0.3 is 0 Å². The third-order valence-corrected chi connectivity index (χ3v) is 4.47. The van der Waals surface area contributed by atoms with Gasteiger partial charge in [0.1, 0.15) is 5.82 Å². The van der Waals surface area contributed by atoms with Crippen LogP contribution in [0.5, 0.6) is 0 Å². The van der Waals surface area contributed by atoms with E-state index in [4.69, 9.17) is 5.84 Å². The maximum atomic E-state index is 14.5. The van der Waals surface area contributed by atoms with Crippen LogP contribution in [0.1, 0.15) is 29.2 Å². The zero-order valence-electron chi connectivity index (χ0n) is 13.5. The first-order chi connectivity index (χ1) is 9.93. The minimum absolute atomic E-state index is 0.151. The van der Waals surface area contributed by atoms with E-state index in [1.54, 1.807) is 6.07 Å². The smallest absolute Gasteiger partial charge is 0.128 e. The lowest BCUT2D eigenvalue weighted by Gasteiger charge is -2.35. The highest BCUT2D eigenvalue weighted by Gasteiger charge is 2.31. The summed E-state index contributed by atoms with van der Waals surface area (Å²) in [6.07, 6.45) is 1.12. The average Bonchev–Trinajstić information content (AvgIpc) is 2.55. The molecule has 1 heterocycles. The van der Waals surface area contributed by atoms with Crippen molar-refractivity contribution in [1.82, 2.24) is 15.2 Å². The number of hydrogen-bond donors (Lipinski definition) is 2. The van der Waals surface area contributed by atoms with Crippen molar-refractivity contribution >= 4 is 0 Å². The normalized spacial score (nSPS) is 23.0. The second-order valence-electron chi connectivity index (χ2n) is 6.29. The van der Waals surface area contributed by atoms with E-state index in [0.717, 1.165) is 37.2 Å². The van der Waals surface area contributed by atoms with Crippen LogP contribution in [0.25, 0.3) is 0 Å². The Kier molecular flexibility index (Phi) is 5.32. The summed E-state index contributed by atoms with van der Waals surface area (Å²) in [5.41, 5.74) is 5.44. The number of hydrazine groups is 1. The molecule has 1 aromatic rings. The molecule has 3 N–H and O–H groups in total. The molecule has 1 fully saturated rings. The quantitative estimate of drug-likeness (QED) is 0.656. The fraction of sp³-hybridized carbons (Fsp3) is 0.625. The minimum atomic E-state index is -0.212. The van der Waals surface area contributed by atoms with Crippen LogP contribution >= 0.6 is 0 Å². The molecule has 2 atom stereocenters. The molecule has 4 nitrogen and oxygen atoms in total. The zero-order chi connectivity index (χ0) is 15.6. The number of nitrogens with zero attached hydrogens (tertiary/aromatic N) is 2. The first kappa shape index (κ1) is 16.4. The van der Waals surface area contributed by atoms with E-state index >= 15 is 0 Å². The van der Waals surface area contributed by atoms with Crippen molar-refractivity contribution in [2.24, 2.45) is 5.84 Å². The fourth-order valence-electron chi connectivity index (χ4n) is 3.37. The topological polar surface area (TPSA) is 44.5 Å². The molecule has 5 heteroatoms. The molecule has 1 saturated heterocycles. The summed E-state index contributed by atoms with van der Waals surface area (Å²) in [5, 5.41) is 0. The van der Waals surface area contributed by atoms with Crippen LogP contribution < -0.4 is 11.3 Å². The third kappa shape index (κ3) is 3.61. The number of rotatable bonds is 3. The Balaban J connectivity index is 2.38. The molecule has 0 radical (unpaired) electrons. The second kappa shape index (κ2) is 6.83. The first-order valence-electron chi connectivity index (χ1n) is 7.55. The molecule has 1 aromatic carbocycles. The van der Waals surface area contributed by atoms with Crippen molar-refractivity contribution < 1.29 is 4.39 Å². The molecule has 0 aromatic heterocycles. The summed E-state index contributed by atoms with van der Waals surface area (Å²) in [6.45, 7) is 6.80. The molecular weight excluding hydrogens is 267 g/mol. The monoisotopic (exact) mass is 294 g/mol. The van der Waals surface area contributed by atoms with Gasteiger partial charge < -0.3 is 9.80 Å². The minimum Gasteiger partial charge on any atom is -0.305 e. The van der Waals surface area contributed by atoms with Gasteiger partial charge in [-0.2, -0.15) is 0 Å². The van der Waals surface area contributed by atoms with E-state index in [1.807, 2.05) is 19.9 Å². The van der Waals surface area contributed by atoms with E-state index < -0.39 is 0 Å². The van der Waals surface area contributed by atoms with Crippen LogP contribution in [0.15, 0.2) is 12.1 Å². The number of likely N-dealkylation sites (N-methyl/N-ethyl adjacent to an activating group) is 2. The summed E-state index contributed by atoms with van der Waals surface area (Å²) in [6, 6.07) is 3.55. The van der Waals surface area contributed by atoms with Gasteiger partial charge in [-0.05, 0) is 64.6 Å². The van der Waals surface area contributed by atoms with Gasteiger partial charge in [0.2, 0.25) is 0 Å². The van der Waals surface area contributed by atoms with Crippen molar-refractivity contribution in [2.45, 2.75) is 32.4 Å². The molecule has 21 heavy (non-hydrogen) atoms. The van der Waals surface area contributed by atoms with E-state index in [1.165, 1.54) is 0 Å². The highest BCUT2D eigenvalue weighted by Crippen LogP contribution is 2.28. The van der Waals surface area contributed by atoms with Crippen LogP contribution in [-0.4, -0.2) is 49.6 Å². The zero-order valence-corrected chi connectivity index (χ0v) is 13.5. The summed E-state index contributed by atoms with van der Waals surface area (Å²) in [7, 11) is 4.20. The van der Waals surface area contributed by atoms with E-state index in [9.17, 15) is 4.39 Å². The van der Waals surface area contributed by atoms with Crippen LogP contribution in [0.3, 0.4) is 0 Å². The Morgan fingerprint density at radius 2 is 2.00 bits per heavy atom. The van der Waals surface area contributed by atoms with Crippen molar-refractivity contribution in [3.63, 3.8) is 0 Å². The summed E-state index contributed by atoms with van der Waals surface area (Å²) in [5.74, 6) is 5.64. The number of nitrogens with one attached hydrogen (secondary N) is 1. The Morgan fingerprint density at radius 1 is 1.29 bits per heavy atom. The number of aryl methyl sites for hydroxylation is 2. The van der Waals surface area contributed by atoms with Gasteiger partial charge in [0.15, 0.2) is 0 Å². The first-order valence-corrected chi connectivity index (χ1v) is 7.55. The van der Waals surface area contributed by atoms with Gasteiger partial charge in [-0.1, -0.05) is 6.07 Å². The maximum Gasteiger partial charge on any atom is 0.128 e. The lowest BCUT2D eigenvalue weighted by Crippen LogP contribution is -2.49. The predicted molar refractivity (Wildman–Crippen MR) is 84.5 cm³/mol. The van der Waals surface area contributed by atoms with Crippen molar-refractivity contribution in [2.75, 3.05) is 33.7 Å². The standard InChI is InChI=1S/C16H27FN4/c1-11-8-12(2)15(13(17)9-11)16(19-18)14-10-20(3)6-5-7-21(14)4/h8-9,14,16,19H,5-7,10,18H2,1-4H3. The Morgan fingerprint density at radius 3 is 2.62 bits per heavy atom. The van der Waals surface area contributed by atoms with Gasteiger partial charge in [-0.15, -0.1) is 0 Å². The van der Waals surface area contributed by atoms with Crippen molar-refractivity contribution in [1.29, 1.82) is 0 Å². The molecule has 1 aliphatic heterocycles. The molecule has 0 saturated carbocycles. The van der Waals surface area contributed by atoms with Crippen LogP contribution in [-0.2, 0) is 0 Å². The molecule has 118 valence electrons. The van der Waals surface area contributed by atoms with Crippen LogP contribution in [0, 0.1) is 19.7 Å². The molecule has 0 amide bonds. The number of halogens is 1. The molecule has 0 spiro atoms. The largest absolute Gasteiger partial charge is 0.305 e. The van der Waals surface area contributed by atoms with Gasteiger partial charge in [0.25, 0.3) is 0 Å². The Bertz CT molecular complexity index is 468. The van der Waals surface area contributed by atoms with E-state index in [-0.39, 0.29) is 17.9 Å². The molecule has 1 aliphatic rings. The van der Waals surface area contributed by atoms with Gasteiger partial charge in [0.05, 0.1) is 6.04 Å². The number of benzene rings is 1. The number of hydrogen-bond acceptors (Lipinski definition) is 4. The van der Waals surface area contributed by atoms with Gasteiger partial charge in [-0.3, -0.25) is 11.3 Å². The highest BCUT2D eigenvalue weighted by molar-refractivity contribution is 5.35. The second-order valence-corrected chi connectivity index (χ2v) is 6.29. The fourth-order valence-corrected chi connectivity index (χ4v) is 3.37. The Hall–Kier alpha value is -1.01. The van der Waals surface area contributed by atoms with Crippen LogP contribution in [0.4, 0.5) is 4.39 Å². The molecule has 0 aliphatic carbocycles. The van der Waals surface area contributed by atoms with Crippen molar-refractivity contribution in [3.05, 3.63) is 34.6 Å². The third-order valence-electron chi connectivity index (χ3n) is 4.47. The predicted octanol–water partition coefficient (Wildman–Crippen LogP) is 1.58. The lowest BCUT2D eigenvalue weighted by molar-refractivity contribution is 0.176. The van der Waals surface area contributed by atoms with E-state index in [2.05, 4.69) is 29.3 Å². The molecule has 2 unspecified atom stereocenters. The van der Waals surface area contributed by atoms with Crippen LogP contribution in [0.2, 0.25) is 0 Å². The molecular formula is C16H27FN4. The average molecular weight is 294 g/mol. The van der Waals surface area contributed by atoms with Gasteiger partial charge in [0, 0.05) is 18.2 Å². The Labute approximate surface area is 127 Å². The summed E-state index contributed by atoms with van der Waals surface area (Å²) in [4.78, 5) is 4.58. The lowest BCUT2D eigenvalue weighted by atomic mass is 9.93. The SMILES string of the molecule is Cc1cc(C)c(C(NN)C2CN(C)CCCN2C)c(F)c1. The molecule has 2 rings (SSSR count). The number of nitrogens with two attached hydrogens (primary N) is 1. The van der Waals surface area contributed by atoms with Gasteiger partial charge in [-0.25, -0.2) is 4.39 Å². The summed E-state index contributed by atoms with van der Waals surface area (Å²) < 4.78 is 14.5. The van der Waals surface area contributed by atoms with E-state index in [0.29, 0.717) is 5.56 Å². The highest BCUT2D eigenvalue weighted by atomic mass is 19.1.